The smallest absolute Gasteiger partial charge is 0.270 e. The van der Waals surface area contributed by atoms with Gasteiger partial charge in [-0.25, -0.2) is 4.98 Å². The van der Waals surface area contributed by atoms with Crippen LogP contribution in [0.1, 0.15) is 10.4 Å². The van der Waals surface area contributed by atoms with Gasteiger partial charge in [-0.05, 0) is 17.7 Å². The highest BCUT2D eigenvalue weighted by atomic mass is 32.1. The number of aromatic nitrogens is 1. The average molecular weight is 350 g/mol. The molecule has 1 aliphatic carbocycles. The molecule has 0 bridgehead atoms. The fraction of sp³-hybridized carbons (Fsp3) is 0.158. The molecular weight excluding hydrogens is 336 g/mol. The molecule has 0 saturated carbocycles. The zero-order valence-electron chi connectivity index (χ0n) is 13.2. The first kappa shape index (κ1) is 14.5. The lowest BCUT2D eigenvalue weighted by Gasteiger charge is -2.25. The minimum Gasteiger partial charge on any atom is -0.485 e. The number of nitrogens with one attached hydrogen (secondary N) is 1. The first-order chi connectivity index (χ1) is 12.3. The molecule has 25 heavy (non-hydrogen) atoms. The minimum absolute atomic E-state index is 0.191. The number of para-hydroxylation sites is 2. The van der Waals surface area contributed by atoms with Crippen LogP contribution in [0.5, 0.6) is 11.5 Å². The van der Waals surface area contributed by atoms with E-state index in [-0.39, 0.29) is 12.5 Å². The summed E-state index contributed by atoms with van der Waals surface area (Å²) in [7, 11) is 0. The van der Waals surface area contributed by atoms with E-state index in [2.05, 4.69) is 22.4 Å². The van der Waals surface area contributed by atoms with Gasteiger partial charge in [-0.2, -0.15) is 0 Å². The molecule has 0 radical (unpaired) electrons. The number of fused-ring (bicyclic) bond motifs is 4. The summed E-state index contributed by atoms with van der Waals surface area (Å²) in [6.07, 6.45) is 0.191. The Morgan fingerprint density at radius 2 is 1.92 bits per heavy atom. The monoisotopic (exact) mass is 350 g/mol. The molecule has 2 heterocycles. The summed E-state index contributed by atoms with van der Waals surface area (Å²) >= 11 is 1.52. The largest absolute Gasteiger partial charge is 0.485 e. The molecule has 0 spiro atoms. The number of carbonyl (C=O) groups is 1. The van der Waals surface area contributed by atoms with E-state index in [0.717, 1.165) is 17.7 Å². The average Bonchev–Trinajstić information content (AvgIpc) is 3.18. The number of nitrogens with zero attached hydrogens (tertiary/aromatic N) is 1. The molecule has 0 unspecified atom stereocenters. The second-order valence-corrected chi connectivity index (χ2v) is 7.06. The number of hydrogen-bond donors (Lipinski definition) is 1. The third kappa shape index (κ3) is 2.46. The van der Waals surface area contributed by atoms with Gasteiger partial charge in [0.2, 0.25) is 6.10 Å². The van der Waals surface area contributed by atoms with Crippen molar-refractivity contribution >= 4 is 22.4 Å². The zero-order chi connectivity index (χ0) is 16.8. The molecular formula is C19H14N2O3S. The number of amides is 1. The Balaban J connectivity index is 1.34. The summed E-state index contributed by atoms with van der Waals surface area (Å²) in [6, 6.07) is 15.6. The summed E-state index contributed by atoms with van der Waals surface area (Å²) in [5.74, 6) is 1.01. The van der Waals surface area contributed by atoms with E-state index in [1.807, 2.05) is 30.3 Å². The van der Waals surface area contributed by atoms with Gasteiger partial charge in [-0.1, -0.05) is 36.4 Å². The van der Waals surface area contributed by atoms with E-state index in [1.165, 1.54) is 21.8 Å². The van der Waals surface area contributed by atoms with Crippen LogP contribution in [0.4, 0.5) is 5.13 Å². The third-order valence-corrected chi connectivity index (χ3v) is 5.32. The lowest BCUT2D eigenvalue weighted by atomic mass is 10.1. The fourth-order valence-corrected chi connectivity index (χ4v) is 4.15. The molecule has 1 atom stereocenters. The van der Waals surface area contributed by atoms with Crippen molar-refractivity contribution in [2.45, 2.75) is 12.5 Å². The van der Waals surface area contributed by atoms with E-state index in [4.69, 9.17) is 9.47 Å². The molecule has 124 valence electrons. The molecule has 0 fully saturated rings. The maximum Gasteiger partial charge on any atom is 0.270 e. The van der Waals surface area contributed by atoms with Gasteiger partial charge in [0.1, 0.15) is 6.61 Å². The van der Waals surface area contributed by atoms with Crippen LogP contribution in [-0.4, -0.2) is 23.6 Å². The van der Waals surface area contributed by atoms with Crippen LogP contribution in [0.25, 0.3) is 11.3 Å². The normalized spacial score (nSPS) is 16.9. The van der Waals surface area contributed by atoms with Gasteiger partial charge >= 0.3 is 0 Å². The van der Waals surface area contributed by atoms with Crippen LogP contribution in [0, 0.1) is 0 Å². The number of thiazole rings is 1. The summed E-state index contributed by atoms with van der Waals surface area (Å²) in [4.78, 5) is 18.3. The van der Waals surface area contributed by atoms with Gasteiger partial charge in [-0.15, -0.1) is 11.3 Å². The molecule has 1 aliphatic heterocycles. The molecule has 5 rings (SSSR count). The van der Waals surface area contributed by atoms with Crippen LogP contribution in [0.3, 0.4) is 0 Å². The standard InChI is InChI=1S/C19H14N2O3S/c22-18(15-10-23-13-7-3-4-8-14(13)24-15)21-19-20-17-12-6-2-1-5-11(12)9-16(17)25-19/h1-8,15H,9-10H2,(H,20,21,22)/t15-/m0/s1. The maximum absolute atomic E-state index is 12.5. The Hall–Kier alpha value is -2.86. The van der Waals surface area contributed by atoms with Crippen molar-refractivity contribution in [3.05, 3.63) is 59.0 Å². The van der Waals surface area contributed by atoms with Gasteiger partial charge in [-0.3, -0.25) is 10.1 Å². The fourth-order valence-electron chi connectivity index (χ4n) is 3.15. The zero-order valence-corrected chi connectivity index (χ0v) is 14.0. The van der Waals surface area contributed by atoms with Crippen molar-refractivity contribution < 1.29 is 14.3 Å². The number of ether oxygens (including phenoxy) is 2. The van der Waals surface area contributed by atoms with Crippen LogP contribution in [0.2, 0.25) is 0 Å². The predicted octanol–water partition coefficient (Wildman–Crippen LogP) is 3.49. The molecule has 3 aromatic rings. The quantitative estimate of drug-likeness (QED) is 0.601. The molecule has 6 heteroatoms. The summed E-state index contributed by atoms with van der Waals surface area (Å²) in [5.41, 5.74) is 3.41. The first-order valence-electron chi connectivity index (χ1n) is 8.05. The Bertz CT molecular complexity index is 982. The highest BCUT2D eigenvalue weighted by Gasteiger charge is 2.29. The number of rotatable bonds is 2. The lowest BCUT2D eigenvalue weighted by Crippen LogP contribution is -2.40. The summed E-state index contributed by atoms with van der Waals surface area (Å²) in [5, 5.41) is 3.47. The van der Waals surface area contributed by atoms with Crippen molar-refractivity contribution in [1.82, 2.24) is 4.98 Å². The van der Waals surface area contributed by atoms with Crippen LogP contribution >= 0.6 is 11.3 Å². The van der Waals surface area contributed by atoms with Crippen molar-refractivity contribution in [2.24, 2.45) is 0 Å². The van der Waals surface area contributed by atoms with E-state index in [0.29, 0.717) is 16.6 Å². The van der Waals surface area contributed by atoms with Gasteiger partial charge in [0.05, 0.1) is 5.69 Å². The van der Waals surface area contributed by atoms with Crippen molar-refractivity contribution in [2.75, 3.05) is 11.9 Å². The van der Waals surface area contributed by atoms with E-state index in [1.54, 1.807) is 6.07 Å². The summed E-state index contributed by atoms with van der Waals surface area (Å²) in [6.45, 7) is 0.191. The molecule has 2 aromatic carbocycles. The lowest BCUT2D eigenvalue weighted by molar-refractivity contribution is -0.125. The van der Waals surface area contributed by atoms with E-state index in [9.17, 15) is 4.79 Å². The van der Waals surface area contributed by atoms with Crippen molar-refractivity contribution in [1.29, 1.82) is 0 Å². The molecule has 5 nitrogen and oxygen atoms in total. The Kier molecular flexibility index (Phi) is 3.24. The molecule has 1 N–H and O–H groups in total. The van der Waals surface area contributed by atoms with Crippen molar-refractivity contribution in [3.63, 3.8) is 0 Å². The number of hydrogen-bond acceptors (Lipinski definition) is 5. The Morgan fingerprint density at radius 1 is 1.12 bits per heavy atom. The topological polar surface area (TPSA) is 60.5 Å². The minimum atomic E-state index is -0.680. The second kappa shape index (κ2) is 5.60. The molecule has 1 amide bonds. The van der Waals surface area contributed by atoms with Gasteiger partial charge in [0.15, 0.2) is 16.6 Å². The SMILES string of the molecule is O=C(Nc1nc2c(s1)Cc1ccccc1-2)[C@@H]1COc2ccccc2O1. The van der Waals surface area contributed by atoms with Crippen LogP contribution in [-0.2, 0) is 11.2 Å². The predicted molar refractivity (Wildman–Crippen MR) is 95.3 cm³/mol. The Labute approximate surface area is 148 Å². The van der Waals surface area contributed by atoms with Gasteiger partial charge in [0, 0.05) is 16.9 Å². The molecule has 1 aromatic heterocycles. The second-order valence-electron chi connectivity index (χ2n) is 5.98. The van der Waals surface area contributed by atoms with Crippen LogP contribution in [0.15, 0.2) is 48.5 Å². The van der Waals surface area contributed by atoms with Crippen molar-refractivity contribution in [3.8, 4) is 22.8 Å². The third-order valence-electron chi connectivity index (χ3n) is 4.35. The highest BCUT2D eigenvalue weighted by Crippen LogP contribution is 2.41. The number of anilines is 1. The van der Waals surface area contributed by atoms with Gasteiger partial charge in [0.25, 0.3) is 5.91 Å². The highest BCUT2D eigenvalue weighted by molar-refractivity contribution is 7.16. The first-order valence-corrected chi connectivity index (χ1v) is 8.87. The van der Waals surface area contributed by atoms with Crippen LogP contribution < -0.4 is 14.8 Å². The van der Waals surface area contributed by atoms with E-state index < -0.39 is 6.10 Å². The number of benzene rings is 2. The molecule has 0 saturated heterocycles. The summed E-state index contributed by atoms with van der Waals surface area (Å²) < 4.78 is 11.3. The maximum atomic E-state index is 12.5. The number of carbonyl (C=O) groups excluding carboxylic acids is 1. The molecule has 2 aliphatic rings. The Morgan fingerprint density at radius 3 is 2.84 bits per heavy atom. The van der Waals surface area contributed by atoms with E-state index >= 15 is 0 Å². The van der Waals surface area contributed by atoms with Gasteiger partial charge < -0.3 is 9.47 Å².